The molecule has 1 saturated heterocycles. The zero-order chi connectivity index (χ0) is 11.5. The Morgan fingerprint density at radius 3 is 3.00 bits per heavy atom. The summed E-state index contributed by atoms with van der Waals surface area (Å²) in [6.07, 6.45) is 0.204. The first-order valence-electron chi connectivity index (χ1n) is 5.56. The van der Waals surface area contributed by atoms with E-state index in [1.807, 2.05) is 14.0 Å². The first-order chi connectivity index (χ1) is 7.70. The molecule has 6 nitrogen and oxygen atoms in total. The van der Waals surface area contributed by atoms with Gasteiger partial charge in [-0.15, -0.1) is 5.10 Å². The fourth-order valence-corrected chi connectivity index (χ4v) is 1.75. The van der Waals surface area contributed by atoms with Gasteiger partial charge in [-0.25, -0.2) is 0 Å². The van der Waals surface area contributed by atoms with Crippen LogP contribution < -0.4 is 10.2 Å². The highest BCUT2D eigenvalue weighted by molar-refractivity contribution is 5.27. The second-order valence-corrected chi connectivity index (χ2v) is 4.15. The van der Waals surface area contributed by atoms with Crippen molar-refractivity contribution in [2.75, 3.05) is 25.1 Å². The molecule has 2 unspecified atom stereocenters. The first kappa shape index (κ1) is 11.3. The zero-order valence-electron chi connectivity index (χ0n) is 9.93. The van der Waals surface area contributed by atoms with E-state index in [2.05, 4.69) is 27.3 Å². The molecule has 16 heavy (non-hydrogen) atoms. The number of morpholine rings is 1. The van der Waals surface area contributed by atoms with Crippen molar-refractivity contribution >= 4 is 6.01 Å². The first-order valence-corrected chi connectivity index (χ1v) is 5.56. The maximum absolute atomic E-state index is 5.57. The number of hydrogen-bond donors (Lipinski definition) is 1. The third kappa shape index (κ3) is 2.33. The van der Waals surface area contributed by atoms with E-state index in [9.17, 15) is 0 Å². The van der Waals surface area contributed by atoms with E-state index < -0.39 is 0 Å². The van der Waals surface area contributed by atoms with Gasteiger partial charge in [0.05, 0.1) is 25.3 Å². The molecule has 0 aliphatic carbocycles. The molecule has 1 fully saturated rings. The van der Waals surface area contributed by atoms with Crippen molar-refractivity contribution in [3.05, 3.63) is 5.89 Å². The highest BCUT2D eigenvalue weighted by atomic mass is 16.5. The number of aromatic nitrogens is 2. The summed E-state index contributed by atoms with van der Waals surface area (Å²) in [4.78, 5) is 2.10. The van der Waals surface area contributed by atoms with E-state index in [4.69, 9.17) is 9.15 Å². The van der Waals surface area contributed by atoms with Gasteiger partial charge in [0.25, 0.3) is 0 Å². The summed E-state index contributed by atoms with van der Waals surface area (Å²) < 4.78 is 11.1. The summed E-state index contributed by atoms with van der Waals surface area (Å²) in [5, 5.41) is 11.0. The maximum atomic E-state index is 5.57. The monoisotopic (exact) mass is 226 g/mol. The van der Waals surface area contributed by atoms with E-state index in [0.29, 0.717) is 25.1 Å². The molecule has 0 bridgehead atoms. The second-order valence-electron chi connectivity index (χ2n) is 4.15. The highest BCUT2D eigenvalue weighted by Crippen LogP contribution is 2.20. The highest BCUT2D eigenvalue weighted by Gasteiger charge is 2.27. The topological polar surface area (TPSA) is 63.4 Å². The van der Waals surface area contributed by atoms with Gasteiger partial charge < -0.3 is 19.4 Å². The molecule has 1 N–H and O–H groups in total. The zero-order valence-corrected chi connectivity index (χ0v) is 9.93. The van der Waals surface area contributed by atoms with Crippen LogP contribution in [0.5, 0.6) is 0 Å². The van der Waals surface area contributed by atoms with Crippen molar-refractivity contribution in [2.24, 2.45) is 0 Å². The number of hydrogen-bond acceptors (Lipinski definition) is 6. The van der Waals surface area contributed by atoms with Gasteiger partial charge in [0, 0.05) is 6.54 Å². The molecule has 2 rings (SSSR count). The second kappa shape index (κ2) is 4.80. The average molecular weight is 226 g/mol. The number of rotatable bonds is 3. The van der Waals surface area contributed by atoms with Crippen LogP contribution in [0.1, 0.15) is 19.7 Å². The molecule has 0 radical (unpaired) electrons. The van der Waals surface area contributed by atoms with Crippen LogP contribution in [0.15, 0.2) is 4.42 Å². The van der Waals surface area contributed by atoms with Crippen LogP contribution in [0.3, 0.4) is 0 Å². The smallest absolute Gasteiger partial charge is 0.318 e. The van der Waals surface area contributed by atoms with Crippen molar-refractivity contribution in [2.45, 2.75) is 32.5 Å². The number of nitrogens with zero attached hydrogens (tertiary/aromatic N) is 3. The average Bonchev–Trinajstić information content (AvgIpc) is 2.71. The van der Waals surface area contributed by atoms with Gasteiger partial charge in [-0.05, 0) is 20.9 Å². The molecule has 2 atom stereocenters. The predicted molar refractivity (Wildman–Crippen MR) is 59.3 cm³/mol. The molecule has 1 aliphatic heterocycles. The molecular formula is C10H18N4O2. The summed E-state index contributed by atoms with van der Waals surface area (Å²) >= 11 is 0. The van der Waals surface area contributed by atoms with E-state index in [0.717, 1.165) is 6.54 Å². The van der Waals surface area contributed by atoms with E-state index >= 15 is 0 Å². The van der Waals surface area contributed by atoms with Crippen molar-refractivity contribution < 1.29 is 9.15 Å². The Balaban J connectivity index is 2.08. The summed E-state index contributed by atoms with van der Waals surface area (Å²) in [7, 11) is 1.85. The molecule has 2 heterocycles. The van der Waals surface area contributed by atoms with Gasteiger partial charge in [0.2, 0.25) is 5.89 Å². The summed E-state index contributed by atoms with van der Waals surface area (Å²) in [5.74, 6) is 0.615. The van der Waals surface area contributed by atoms with E-state index in [1.165, 1.54) is 0 Å². The SMILES string of the molecule is CNCc1nnc(N2CC(C)OCC2C)o1. The molecule has 90 valence electrons. The van der Waals surface area contributed by atoms with E-state index in [1.54, 1.807) is 0 Å². The Morgan fingerprint density at radius 2 is 2.25 bits per heavy atom. The van der Waals surface area contributed by atoms with Gasteiger partial charge in [-0.1, -0.05) is 5.10 Å². The van der Waals surface area contributed by atoms with Crippen LogP contribution in [0.25, 0.3) is 0 Å². The Hall–Kier alpha value is -1.14. The van der Waals surface area contributed by atoms with Crippen LogP contribution in [-0.2, 0) is 11.3 Å². The quantitative estimate of drug-likeness (QED) is 0.805. The van der Waals surface area contributed by atoms with Crippen molar-refractivity contribution in [3.63, 3.8) is 0 Å². The van der Waals surface area contributed by atoms with Gasteiger partial charge >= 0.3 is 6.01 Å². The summed E-state index contributed by atoms with van der Waals surface area (Å²) in [6, 6.07) is 0.868. The van der Waals surface area contributed by atoms with Crippen molar-refractivity contribution in [1.29, 1.82) is 0 Å². The molecule has 1 aromatic rings. The third-order valence-corrected chi connectivity index (χ3v) is 2.64. The fourth-order valence-electron chi connectivity index (χ4n) is 1.75. The van der Waals surface area contributed by atoms with Crippen LogP contribution >= 0.6 is 0 Å². The summed E-state index contributed by atoms with van der Waals surface area (Å²) in [5.41, 5.74) is 0. The molecule has 1 aromatic heterocycles. The normalized spacial score (nSPS) is 26.1. The van der Waals surface area contributed by atoms with Crippen molar-refractivity contribution in [1.82, 2.24) is 15.5 Å². The molecular weight excluding hydrogens is 208 g/mol. The number of nitrogens with one attached hydrogen (secondary N) is 1. The molecule has 1 aliphatic rings. The number of ether oxygens (including phenoxy) is 1. The van der Waals surface area contributed by atoms with Gasteiger partial charge in [0.1, 0.15) is 0 Å². The standard InChI is InChI=1S/C10H18N4O2/c1-7-6-15-8(2)5-14(7)10-13-12-9(16-10)4-11-3/h7-8,11H,4-6H2,1-3H3. The van der Waals surface area contributed by atoms with E-state index in [-0.39, 0.29) is 12.1 Å². The van der Waals surface area contributed by atoms with Crippen LogP contribution in [-0.4, -0.2) is 42.5 Å². The van der Waals surface area contributed by atoms with Gasteiger partial charge in [-0.2, -0.15) is 0 Å². The molecule has 0 aromatic carbocycles. The Kier molecular flexibility index (Phi) is 3.40. The Labute approximate surface area is 95.0 Å². The van der Waals surface area contributed by atoms with Crippen LogP contribution in [0.4, 0.5) is 6.01 Å². The lowest BCUT2D eigenvalue weighted by Crippen LogP contribution is -2.47. The van der Waals surface area contributed by atoms with Crippen LogP contribution in [0, 0.1) is 0 Å². The Bertz CT molecular complexity index is 341. The Morgan fingerprint density at radius 1 is 1.44 bits per heavy atom. The van der Waals surface area contributed by atoms with Crippen molar-refractivity contribution in [3.8, 4) is 0 Å². The minimum absolute atomic E-state index is 0.204. The molecule has 6 heteroatoms. The van der Waals surface area contributed by atoms with Gasteiger partial charge in [0.15, 0.2) is 0 Å². The number of anilines is 1. The molecule has 0 spiro atoms. The lowest BCUT2D eigenvalue weighted by Gasteiger charge is -2.35. The maximum Gasteiger partial charge on any atom is 0.318 e. The largest absolute Gasteiger partial charge is 0.407 e. The predicted octanol–water partition coefficient (Wildman–Crippen LogP) is 0.403. The fraction of sp³-hybridized carbons (Fsp3) is 0.800. The van der Waals surface area contributed by atoms with Crippen LogP contribution in [0.2, 0.25) is 0 Å². The van der Waals surface area contributed by atoms with Gasteiger partial charge in [-0.3, -0.25) is 0 Å². The molecule has 0 amide bonds. The third-order valence-electron chi connectivity index (χ3n) is 2.64. The minimum Gasteiger partial charge on any atom is -0.407 e. The molecule has 0 saturated carbocycles. The summed E-state index contributed by atoms with van der Waals surface area (Å²) in [6.45, 7) is 6.23. The lowest BCUT2D eigenvalue weighted by molar-refractivity contribution is 0.0322. The lowest BCUT2D eigenvalue weighted by atomic mass is 10.2. The minimum atomic E-state index is 0.204.